The van der Waals surface area contributed by atoms with Crippen LogP contribution in [-0.2, 0) is 23.7 Å². The highest BCUT2D eigenvalue weighted by atomic mass is 19.1. The molecule has 0 spiro atoms. The summed E-state index contributed by atoms with van der Waals surface area (Å²) in [5.41, 5.74) is 8.78. The zero-order chi connectivity index (χ0) is 80.0. The number of aryl methyl sites for hydroxylation is 2. The van der Waals surface area contributed by atoms with E-state index in [0.29, 0.717) is 102 Å². The van der Waals surface area contributed by atoms with Crippen molar-refractivity contribution >= 4 is 115 Å². The quantitative estimate of drug-likeness (QED) is 0.00930. The number of H-pyrrole nitrogens is 4. The molecule has 13 N–H and O–H groups in total. The van der Waals surface area contributed by atoms with Crippen LogP contribution < -0.4 is 53.7 Å². The number of carbonyl (C=O) groups excluding carboxylic acids is 7. The fourth-order valence-electron chi connectivity index (χ4n) is 11.3. The van der Waals surface area contributed by atoms with Gasteiger partial charge in [0.05, 0.1) is 46.0 Å². The number of aromatic nitrogens is 12. The summed E-state index contributed by atoms with van der Waals surface area (Å²) in [6.07, 6.45) is 12.2. The van der Waals surface area contributed by atoms with Crippen LogP contribution in [0.3, 0.4) is 0 Å². The number of imidazole rings is 4. The van der Waals surface area contributed by atoms with Gasteiger partial charge in [-0.05, 0) is 130 Å². The number of unbranched alkanes of at least 4 members (excludes halogenated alkanes) is 1. The van der Waals surface area contributed by atoms with Crippen LogP contribution in [0.2, 0.25) is 0 Å². The number of ketones is 2. The zero-order valence-corrected chi connectivity index (χ0v) is 62.3. The summed E-state index contributed by atoms with van der Waals surface area (Å²) in [5.74, 6) is -2.26. The first kappa shape index (κ1) is 81.2. The van der Waals surface area contributed by atoms with Gasteiger partial charge in [-0.15, -0.1) is 0 Å². The summed E-state index contributed by atoms with van der Waals surface area (Å²) < 4.78 is 37.8. The molecule has 0 unspecified atom stereocenters. The molecular formula is C76H83F2N21O12. The second kappa shape index (κ2) is 38.1. The fourth-order valence-corrected chi connectivity index (χ4v) is 11.3. The maximum absolute atomic E-state index is 15.3. The molecule has 35 heteroatoms. The van der Waals surface area contributed by atoms with E-state index in [9.17, 15) is 43.2 Å². The lowest BCUT2D eigenvalue weighted by Crippen LogP contribution is -2.28. The number of ether oxygens (including phenoxy) is 1. The summed E-state index contributed by atoms with van der Waals surface area (Å²) in [5, 5.41) is 33.8. The number of benzene rings is 4. The number of amides is 8. The summed E-state index contributed by atoms with van der Waals surface area (Å²) in [6, 6.07) is 22.2. The zero-order valence-electron chi connectivity index (χ0n) is 62.3. The highest BCUT2D eigenvalue weighted by Crippen LogP contribution is 2.35. The van der Waals surface area contributed by atoms with Crippen molar-refractivity contribution in [2.75, 3.05) is 68.3 Å². The van der Waals surface area contributed by atoms with Crippen molar-refractivity contribution in [1.82, 2.24) is 80.2 Å². The molecule has 8 aromatic heterocycles. The van der Waals surface area contributed by atoms with E-state index < -0.39 is 41.0 Å². The van der Waals surface area contributed by atoms with E-state index in [1.54, 1.807) is 77.9 Å². The van der Waals surface area contributed by atoms with E-state index in [1.807, 2.05) is 63.2 Å². The van der Waals surface area contributed by atoms with E-state index in [4.69, 9.17) is 9.94 Å². The van der Waals surface area contributed by atoms with E-state index in [2.05, 4.69) is 102 Å². The average molecular weight is 1520 g/mol. The van der Waals surface area contributed by atoms with E-state index >= 15 is 8.78 Å². The van der Waals surface area contributed by atoms with Gasteiger partial charge in [0.2, 0.25) is 23.8 Å². The summed E-state index contributed by atoms with van der Waals surface area (Å²) in [4.78, 5) is 151. The first-order chi connectivity index (χ1) is 53.5. The molecule has 111 heavy (non-hydrogen) atoms. The highest BCUT2D eigenvalue weighted by Gasteiger charge is 2.27. The number of nitrogens with one attached hydrogen (secondary N) is 12. The molecule has 8 amide bonds. The number of methoxy groups -OCH3 is 1. The minimum absolute atomic E-state index is 0.00346. The number of aliphatic hydroxyl groups is 1. The lowest BCUT2D eigenvalue weighted by molar-refractivity contribution is 0.0597. The summed E-state index contributed by atoms with van der Waals surface area (Å²) >= 11 is 0. The number of fused-ring (bicyclic) bond motifs is 4. The topological polar surface area (TPSA) is 451 Å². The second-order valence-corrected chi connectivity index (χ2v) is 24.3. The van der Waals surface area contributed by atoms with Gasteiger partial charge in [0.15, 0.2) is 11.6 Å². The van der Waals surface area contributed by atoms with E-state index in [-0.39, 0.29) is 87.6 Å². The van der Waals surface area contributed by atoms with Crippen molar-refractivity contribution in [3.05, 3.63) is 177 Å². The maximum atomic E-state index is 15.3. The molecule has 12 aromatic rings. The molecule has 0 bridgehead atoms. The molecule has 0 fully saturated rings. The van der Waals surface area contributed by atoms with Crippen LogP contribution in [0, 0.1) is 11.6 Å². The van der Waals surface area contributed by atoms with Crippen LogP contribution in [0.1, 0.15) is 110 Å². The number of oxime groups is 1. The number of aliphatic hydroxyl groups excluding tert-OH is 1. The highest BCUT2D eigenvalue weighted by molar-refractivity contribution is 6.12. The number of nitrogens with zero attached hydrogens (tertiary/aromatic N) is 9. The molecule has 4 aromatic carbocycles. The fraction of sp³-hybridized carbons (Fsp3) is 0.263. The number of carbonyl (C=O) groups is 7. The molecule has 33 nitrogen and oxygen atoms in total. The lowest BCUT2D eigenvalue weighted by atomic mass is 9.98. The van der Waals surface area contributed by atoms with Crippen molar-refractivity contribution in [1.29, 1.82) is 0 Å². The molecule has 0 aliphatic rings. The number of halogens is 2. The Morgan fingerprint density at radius 2 is 0.892 bits per heavy atom. The first-order valence-corrected chi connectivity index (χ1v) is 35.2. The average Bonchev–Trinajstić information content (AvgIpc) is 1.69. The number of hydrogen-bond acceptors (Lipinski definition) is 19. The third kappa shape index (κ3) is 20.1. The van der Waals surface area contributed by atoms with Gasteiger partial charge >= 0.3 is 30.1 Å². The molecule has 0 atom stereocenters. The van der Waals surface area contributed by atoms with Crippen LogP contribution in [0.15, 0.2) is 137 Å². The Kier molecular flexibility index (Phi) is 27.9. The van der Waals surface area contributed by atoms with Gasteiger partial charge < -0.3 is 65.0 Å². The Hall–Kier alpha value is -13.9. The minimum atomic E-state index is -0.927. The van der Waals surface area contributed by atoms with Crippen LogP contribution in [0.5, 0.6) is 0 Å². The number of rotatable bonds is 23. The summed E-state index contributed by atoms with van der Waals surface area (Å²) in [6.45, 7) is 12.7. The second-order valence-electron chi connectivity index (χ2n) is 24.3. The van der Waals surface area contributed by atoms with E-state index in [0.717, 1.165) is 46.2 Å². The van der Waals surface area contributed by atoms with Gasteiger partial charge in [-0.3, -0.25) is 50.4 Å². The smallest absolute Gasteiger partial charge is 0.343 e. The molecule has 0 saturated heterocycles. The third-order valence-electron chi connectivity index (χ3n) is 16.6. The molecule has 8 heterocycles. The summed E-state index contributed by atoms with van der Waals surface area (Å²) in [7, 11) is 5.80. The van der Waals surface area contributed by atoms with Gasteiger partial charge in [0.1, 0.15) is 40.9 Å². The van der Waals surface area contributed by atoms with Gasteiger partial charge in [-0.2, -0.15) is 0 Å². The number of urea groups is 4. The molecule has 0 saturated carbocycles. The molecular weight excluding hydrogens is 1440 g/mol. The normalized spacial score (nSPS) is 10.9. The van der Waals surface area contributed by atoms with Gasteiger partial charge in [-0.25, -0.2) is 52.7 Å². The molecule has 12 rings (SSSR count). The van der Waals surface area contributed by atoms with Gasteiger partial charge in [-0.1, -0.05) is 31.1 Å². The van der Waals surface area contributed by atoms with Gasteiger partial charge in [0, 0.05) is 142 Å². The molecule has 578 valence electrons. The SMILES string of the molecule is CCNC(=O)Nc1nc2c(/C(CC)=N/OC)cc(-c3cccnc3)cc2[nH]1.CCNC(=O)Nc1nc2c(C(=O)CC)c(F)c(-c3ccn(C)c(=O)c3)cc2[nH]1.CCNC(=O)Nc1nc2c(C(=O)CCCCO)cc(-c3cccnc3)cc2[nH]1.CCNC(=O)Nc1nc2c(C(=O)OC)c(F)c(-c3ccn(C)c(=O)c3)cc2[nH]1. The third-order valence-corrected chi connectivity index (χ3v) is 16.6. The number of esters is 1. The van der Waals surface area contributed by atoms with Crippen molar-refractivity contribution in [3.63, 3.8) is 0 Å². The minimum Gasteiger partial charge on any atom is -0.465 e. The predicted octanol–water partition coefficient (Wildman–Crippen LogP) is 11.4. The number of hydrogen-bond donors (Lipinski definition) is 13. The Morgan fingerprint density at radius 3 is 1.27 bits per heavy atom. The van der Waals surface area contributed by atoms with Crippen molar-refractivity contribution in [3.8, 4) is 44.5 Å². The monoisotopic (exact) mass is 1520 g/mol. The molecule has 0 aliphatic heterocycles. The van der Waals surface area contributed by atoms with Crippen LogP contribution in [0.25, 0.3) is 88.6 Å². The van der Waals surface area contributed by atoms with Crippen molar-refractivity contribution < 1.29 is 57.0 Å². The van der Waals surface area contributed by atoms with Crippen LogP contribution >= 0.6 is 0 Å². The largest absolute Gasteiger partial charge is 0.465 e. The van der Waals surface area contributed by atoms with E-state index in [1.165, 1.54) is 52.9 Å². The number of pyridine rings is 4. The Labute approximate surface area is 632 Å². The molecule has 0 aliphatic carbocycles. The predicted molar refractivity (Wildman–Crippen MR) is 418 cm³/mol. The standard InChI is InChI=1S/C20H23N5O3.C19H20FN5O3.C19H22N6O2.C18H18FN5O4/c1-2-22-20(28)25-19-23-16-11-14(13-6-5-8-21-12-13)10-15(18(16)24-19)17(27)7-3-4-9-26;1-4-13(26)15-16(20)11(10-6-7-25(3)14(27)8-10)9-12-17(15)23-18(22-12)24-19(28)21-5-2;1-4-15(25-27-3)14-9-13(12-7-6-8-20-11-12)10-16-17(14)23-18(22-16)24-19(26)21-5-2;1-4-20-18(27)23-17-21-11-8-10(9-5-6-24(2)12(25)7-9)14(19)13(15(11)22-17)16(26)28-3/h5-6,8,10-12,26H,2-4,7,9H2,1H3,(H3,22,23,24,25,28);6-9H,4-5H2,1-3H3,(H3,21,22,23,24,28);6-11H,4-5H2,1-3H3,(H3,21,22,23,24,26);5-8H,4H2,1-3H3,(H3,20,21,22,23,27)/b;;25-15+;. The Morgan fingerprint density at radius 1 is 0.486 bits per heavy atom. The Bertz CT molecular complexity index is 5380. The van der Waals surface area contributed by atoms with Crippen LogP contribution in [0.4, 0.5) is 51.8 Å². The van der Waals surface area contributed by atoms with Crippen molar-refractivity contribution in [2.24, 2.45) is 19.3 Å². The Balaban J connectivity index is 0.000000170. The van der Waals surface area contributed by atoms with Crippen LogP contribution in [-0.4, -0.2) is 158 Å². The first-order valence-electron chi connectivity index (χ1n) is 35.2. The molecule has 0 radical (unpaired) electrons. The number of aromatic amines is 4. The maximum Gasteiger partial charge on any atom is 0.343 e. The van der Waals surface area contributed by atoms with Gasteiger partial charge in [0.25, 0.3) is 11.1 Å². The number of anilines is 4. The lowest BCUT2D eigenvalue weighted by Gasteiger charge is -2.09. The van der Waals surface area contributed by atoms with Crippen molar-refractivity contribution in [2.45, 2.75) is 73.6 Å². The number of Topliss-reactive ketones (excluding diaryl/α,β-unsaturated/α-hetero) is 2.